The number of aliphatic hydroxyl groups is 1. The van der Waals surface area contributed by atoms with E-state index in [1.54, 1.807) is 0 Å². The Kier molecular flexibility index (Phi) is 4.96. The number of para-hydroxylation sites is 1. The number of benzene rings is 3. The molecule has 0 amide bonds. The molecular weight excluding hydrogens is 338 g/mol. The van der Waals surface area contributed by atoms with Gasteiger partial charge in [-0.3, -0.25) is 0 Å². The minimum Gasteiger partial charge on any atom is -0.492 e. The van der Waals surface area contributed by atoms with Gasteiger partial charge in [-0.2, -0.15) is 0 Å². The van der Waals surface area contributed by atoms with Gasteiger partial charge in [-0.05, 0) is 35.9 Å². The third-order valence-corrected chi connectivity index (χ3v) is 4.73. The highest BCUT2D eigenvalue weighted by Gasteiger charge is 2.10. The van der Waals surface area contributed by atoms with Gasteiger partial charge in [-0.15, -0.1) is 0 Å². The van der Waals surface area contributed by atoms with Gasteiger partial charge in [0.15, 0.2) is 0 Å². The van der Waals surface area contributed by atoms with Crippen LogP contribution in [-0.4, -0.2) is 29.8 Å². The predicted molar refractivity (Wildman–Crippen MR) is 110 cm³/mol. The first kappa shape index (κ1) is 17.4. The van der Waals surface area contributed by atoms with Gasteiger partial charge in [-0.25, -0.2) is 0 Å². The lowest BCUT2D eigenvalue weighted by molar-refractivity contribution is 0.232. The van der Waals surface area contributed by atoms with Crippen LogP contribution in [0, 0.1) is 0 Å². The van der Waals surface area contributed by atoms with Crippen LogP contribution in [0.25, 0.3) is 21.8 Å². The average molecular weight is 361 g/mol. The highest BCUT2D eigenvalue weighted by molar-refractivity contribution is 6.07. The minimum atomic E-state index is -0.159. The summed E-state index contributed by atoms with van der Waals surface area (Å²) in [6, 6.07) is 21.8. The second kappa shape index (κ2) is 7.70. The van der Waals surface area contributed by atoms with E-state index in [-0.39, 0.29) is 12.6 Å². The number of anilines is 1. The monoisotopic (exact) mass is 361 g/mol. The molecule has 3 aromatic carbocycles. The standard InChI is InChI=1S/C22H23N3O2/c23-16-5-3-4-15(12-16)22(14-26)24-10-11-27-17-8-9-19-18-6-1-2-7-20(18)25-21(19)13-17/h1-9,12-13,22,24-26H,10-11,14,23H2. The van der Waals surface area contributed by atoms with Gasteiger partial charge < -0.3 is 25.9 Å². The molecule has 5 heteroatoms. The van der Waals surface area contributed by atoms with Crippen LogP contribution in [-0.2, 0) is 0 Å². The summed E-state index contributed by atoms with van der Waals surface area (Å²) in [5, 5.41) is 15.3. The number of aromatic nitrogens is 1. The molecule has 1 unspecified atom stereocenters. The molecule has 138 valence electrons. The van der Waals surface area contributed by atoms with Crippen LogP contribution < -0.4 is 15.8 Å². The van der Waals surface area contributed by atoms with Crippen LogP contribution >= 0.6 is 0 Å². The van der Waals surface area contributed by atoms with E-state index in [0.717, 1.165) is 22.3 Å². The first-order valence-corrected chi connectivity index (χ1v) is 9.07. The fourth-order valence-corrected chi connectivity index (χ4v) is 3.39. The van der Waals surface area contributed by atoms with E-state index in [2.05, 4.69) is 28.5 Å². The van der Waals surface area contributed by atoms with Gasteiger partial charge in [0.05, 0.1) is 18.2 Å². The van der Waals surface area contributed by atoms with Crippen molar-refractivity contribution in [3.8, 4) is 5.75 Å². The Hall–Kier alpha value is -3.02. The number of aliphatic hydroxyl groups excluding tert-OH is 1. The maximum Gasteiger partial charge on any atom is 0.121 e. The number of nitrogen functional groups attached to an aromatic ring is 1. The molecule has 0 spiro atoms. The number of nitrogens with two attached hydrogens (primary N) is 1. The van der Waals surface area contributed by atoms with Crippen molar-refractivity contribution in [3.63, 3.8) is 0 Å². The topological polar surface area (TPSA) is 83.3 Å². The molecule has 0 saturated heterocycles. The largest absolute Gasteiger partial charge is 0.492 e. The van der Waals surface area contributed by atoms with Crippen LogP contribution in [0.2, 0.25) is 0 Å². The average Bonchev–Trinajstić information content (AvgIpc) is 3.06. The van der Waals surface area contributed by atoms with Crippen LogP contribution in [0.5, 0.6) is 5.75 Å². The van der Waals surface area contributed by atoms with Crippen LogP contribution in [0.15, 0.2) is 66.7 Å². The van der Waals surface area contributed by atoms with Gasteiger partial charge >= 0.3 is 0 Å². The summed E-state index contributed by atoms with van der Waals surface area (Å²) in [5.41, 5.74) is 9.67. The summed E-state index contributed by atoms with van der Waals surface area (Å²) in [6.45, 7) is 1.12. The molecule has 1 atom stereocenters. The summed E-state index contributed by atoms with van der Waals surface area (Å²) in [6.07, 6.45) is 0. The number of aromatic amines is 1. The molecule has 0 aliphatic heterocycles. The molecule has 27 heavy (non-hydrogen) atoms. The van der Waals surface area contributed by atoms with Gasteiger partial charge in [0, 0.05) is 34.6 Å². The van der Waals surface area contributed by atoms with Gasteiger partial charge in [0.1, 0.15) is 12.4 Å². The number of nitrogens with one attached hydrogen (secondary N) is 2. The number of rotatable bonds is 7. The Bertz CT molecular complexity index is 1060. The zero-order valence-corrected chi connectivity index (χ0v) is 15.0. The number of H-pyrrole nitrogens is 1. The van der Waals surface area contributed by atoms with Crippen LogP contribution in [0.3, 0.4) is 0 Å². The molecule has 0 aliphatic rings. The van der Waals surface area contributed by atoms with E-state index < -0.39 is 0 Å². The molecule has 1 heterocycles. The maximum absolute atomic E-state index is 9.63. The zero-order valence-electron chi connectivity index (χ0n) is 15.0. The summed E-state index contributed by atoms with van der Waals surface area (Å²) < 4.78 is 5.88. The van der Waals surface area contributed by atoms with Crippen molar-refractivity contribution in [2.75, 3.05) is 25.5 Å². The van der Waals surface area contributed by atoms with Crippen molar-refractivity contribution in [3.05, 3.63) is 72.3 Å². The molecule has 1 aromatic heterocycles. The first-order valence-electron chi connectivity index (χ1n) is 9.07. The van der Waals surface area contributed by atoms with Gasteiger partial charge in [0.2, 0.25) is 0 Å². The van der Waals surface area contributed by atoms with Crippen molar-refractivity contribution in [2.24, 2.45) is 0 Å². The molecule has 0 bridgehead atoms. The van der Waals surface area contributed by atoms with Crippen molar-refractivity contribution in [2.45, 2.75) is 6.04 Å². The lowest BCUT2D eigenvalue weighted by atomic mass is 10.1. The smallest absolute Gasteiger partial charge is 0.121 e. The second-order valence-electron chi connectivity index (χ2n) is 6.59. The fraction of sp³-hybridized carbons (Fsp3) is 0.182. The van der Waals surface area contributed by atoms with Crippen molar-refractivity contribution in [1.82, 2.24) is 10.3 Å². The minimum absolute atomic E-state index is 0.00444. The lowest BCUT2D eigenvalue weighted by Crippen LogP contribution is -2.28. The number of fused-ring (bicyclic) bond motifs is 3. The lowest BCUT2D eigenvalue weighted by Gasteiger charge is -2.17. The Morgan fingerprint density at radius 3 is 2.67 bits per heavy atom. The Morgan fingerprint density at radius 2 is 1.81 bits per heavy atom. The summed E-state index contributed by atoms with van der Waals surface area (Å²) in [4.78, 5) is 3.42. The van der Waals surface area contributed by atoms with E-state index in [0.29, 0.717) is 18.8 Å². The molecule has 0 fully saturated rings. The van der Waals surface area contributed by atoms with E-state index in [4.69, 9.17) is 10.5 Å². The SMILES string of the molecule is Nc1cccc(C(CO)NCCOc2ccc3c(c2)[nH]c2ccccc23)c1. The van der Waals surface area contributed by atoms with Gasteiger partial charge in [-0.1, -0.05) is 30.3 Å². The van der Waals surface area contributed by atoms with Crippen LogP contribution in [0.4, 0.5) is 5.69 Å². The quantitative estimate of drug-likeness (QED) is 0.299. The van der Waals surface area contributed by atoms with E-state index in [1.165, 1.54) is 10.8 Å². The number of ether oxygens (including phenoxy) is 1. The summed E-state index contributed by atoms with van der Waals surface area (Å²) >= 11 is 0. The Morgan fingerprint density at radius 1 is 0.963 bits per heavy atom. The molecule has 5 nitrogen and oxygen atoms in total. The fourth-order valence-electron chi connectivity index (χ4n) is 3.39. The molecule has 0 aliphatic carbocycles. The Labute approximate surface area is 157 Å². The first-order chi connectivity index (χ1) is 13.2. The third-order valence-electron chi connectivity index (χ3n) is 4.73. The summed E-state index contributed by atoms with van der Waals surface area (Å²) in [7, 11) is 0. The molecular formula is C22H23N3O2. The predicted octanol–water partition coefficient (Wildman–Crippen LogP) is 3.61. The van der Waals surface area contributed by atoms with Gasteiger partial charge in [0.25, 0.3) is 0 Å². The second-order valence-corrected chi connectivity index (χ2v) is 6.59. The Balaban J connectivity index is 1.38. The number of hydrogen-bond donors (Lipinski definition) is 4. The third kappa shape index (κ3) is 3.74. The highest BCUT2D eigenvalue weighted by Crippen LogP contribution is 2.28. The number of hydrogen-bond acceptors (Lipinski definition) is 4. The molecule has 5 N–H and O–H groups in total. The zero-order chi connectivity index (χ0) is 18.6. The highest BCUT2D eigenvalue weighted by atomic mass is 16.5. The molecule has 4 rings (SSSR count). The molecule has 0 radical (unpaired) electrons. The van der Waals surface area contributed by atoms with Crippen molar-refractivity contribution in [1.29, 1.82) is 0 Å². The van der Waals surface area contributed by atoms with Crippen molar-refractivity contribution >= 4 is 27.5 Å². The van der Waals surface area contributed by atoms with E-state index in [9.17, 15) is 5.11 Å². The van der Waals surface area contributed by atoms with Crippen LogP contribution in [0.1, 0.15) is 11.6 Å². The normalized spacial score (nSPS) is 12.5. The molecule has 4 aromatic rings. The van der Waals surface area contributed by atoms with Crippen molar-refractivity contribution < 1.29 is 9.84 Å². The van der Waals surface area contributed by atoms with E-state index in [1.807, 2.05) is 48.5 Å². The maximum atomic E-state index is 9.63. The summed E-state index contributed by atoms with van der Waals surface area (Å²) in [5.74, 6) is 0.820. The van der Waals surface area contributed by atoms with E-state index >= 15 is 0 Å². The molecule has 0 saturated carbocycles.